The van der Waals surface area contributed by atoms with E-state index in [1.807, 2.05) is 6.92 Å². The molecule has 84 valence electrons. The van der Waals surface area contributed by atoms with Gasteiger partial charge in [-0.1, -0.05) is 52.5 Å². The number of alkyl halides is 3. The summed E-state index contributed by atoms with van der Waals surface area (Å²) in [4.78, 5) is 0.0492. The lowest BCUT2D eigenvalue weighted by atomic mass is 10.2. The Morgan fingerprint density at radius 1 is 1.13 bits per heavy atom. The number of aryl methyl sites for hydroxylation is 2. The molecule has 0 bridgehead atoms. The van der Waals surface area contributed by atoms with Crippen molar-refractivity contribution in [3.05, 3.63) is 29.3 Å². The van der Waals surface area contributed by atoms with E-state index >= 15 is 0 Å². The molecule has 0 amide bonds. The second kappa shape index (κ2) is 4.13. The quantitative estimate of drug-likeness (QED) is 0.742. The van der Waals surface area contributed by atoms with Gasteiger partial charge < -0.3 is 0 Å². The molecule has 1 rings (SSSR count). The van der Waals surface area contributed by atoms with Crippen LogP contribution in [0.5, 0.6) is 0 Å². The lowest BCUT2D eigenvalue weighted by Crippen LogP contribution is -2.20. The minimum Gasteiger partial charge on any atom is -0.219 e. The highest BCUT2D eigenvalue weighted by atomic mass is 35.6. The number of sulfone groups is 1. The van der Waals surface area contributed by atoms with Gasteiger partial charge in [-0.05, 0) is 25.5 Å². The molecule has 0 saturated heterocycles. The molecule has 1 aromatic rings. The van der Waals surface area contributed by atoms with E-state index in [2.05, 4.69) is 0 Å². The summed E-state index contributed by atoms with van der Waals surface area (Å²) in [5.74, 6) is 0. The van der Waals surface area contributed by atoms with Crippen LogP contribution in [0.25, 0.3) is 0 Å². The van der Waals surface area contributed by atoms with Gasteiger partial charge in [-0.2, -0.15) is 0 Å². The average Bonchev–Trinajstić information content (AvgIpc) is 2.00. The predicted molar refractivity (Wildman–Crippen MR) is 63.4 cm³/mol. The minimum absolute atomic E-state index is 0.0492. The smallest absolute Gasteiger partial charge is 0.219 e. The van der Waals surface area contributed by atoms with Gasteiger partial charge in [0.15, 0.2) is 0 Å². The normalized spacial score (nSPS) is 12.9. The molecular weight excluding hydrogens is 279 g/mol. The molecule has 0 fully saturated rings. The second-order valence-corrected chi connectivity index (χ2v) is 8.23. The van der Waals surface area contributed by atoms with E-state index in [4.69, 9.17) is 34.8 Å². The number of hydrogen-bond acceptors (Lipinski definition) is 2. The first kappa shape index (κ1) is 13.1. The third-order valence-electron chi connectivity index (χ3n) is 1.92. The standard InChI is InChI=1S/C9H9Cl3O2S/c1-6-3-4-8(7(2)5-6)15(13,14)9(10,11)12/h3-5H,1-2H3. The number of benzene rings is 1. The maximum absolute atomic E-state index is 11.8. The van der Waals surface area contributed by atoms with Crippen LogP contribution in [0, 0.1) is 13.8 Å². The van der Waals surface area contributed by atoms with E-state index in [1.165, 1.54) is 6.07 Å². The highest BCUT2D eigenvalue weighted by Crippen LogP contribution is 2.38. The molecule has 0 aliphatic rings. The molecule has 0 heterocycles. The van der Waals surface area contributed by atoms with Crippen molar-refractivity contribution in [2.45, 2.75) is 21.9 Å². The molecule has 2 nitrogen and oxygen atoms in total. The summed E-state index contributed by atoms with van der Waals surface area (Å²) in [6.45, 7) is 3.52. The SMILES string of the molecule is Cc1ccc(S(=O)(=O)C(Cl)(Cl)Cl)c(C)c1. The van der Waals surface area contributed by atoms with E-state index < -0.39 is 13.0 Å². The first-order chi connectivity index (χ1) is 6.66. The van der Waals surface area contributed by atoms with Gasteiger partial charge >= 0.3 is 0 Å². The first-order valence-electron chi connectivity index (χ1n) is 4.05. The van der Waals surface area contributed by atoms with Gasteiger partial charge in [0.05, 0.1) is 4.90 Å². The molecule has 6 heteroatoms. The fraction of sp³-hybridized carbons (Fsp3) is 0.333. The lowest BCUT2D eigenvalue weighted by Gasteiger charge is -2.14. The Hall–Kier alpha value is 0.0400. The third-order valence-corrected chi connectivity index (χ3v) is 5.40. The maximum atomic E-state index is 11.8. The number of rotatable bonds is 1. The van der Waals surface area contributed by atoms with E-state index in [1.54, 1.807) is 19.1 Å². The van der Waals surface area contributed by atoms with Crippen molar-refractivity contribution >= 4 is 44.6 Å². The molecule has 0 atom stereocenters. The largest absolute Gasteiger partial charge is 0.296 e. The van der Waals surface area contributed by atoms with E-state index in [-0.39, 0.29) is 4.90 Å². The van der Waals surface area contributed by atoms with Crippen molar-refractivity contribution in [1.29, 1.82) is 0 Å². The zero-order valence-corrected chi connectivity index (χ0v) is 11.2. The number of hydrogen-bond donors (Lipinski definition) is 0. The Labute approximate surface area is 104 Å². The molecule has 1 aromatic carbocycles. The van der Waals surface area contributed by atoms with Crippen LogP contribution >= 0.6 is 34.8 Å². The van der Waals surface area contributed by atoms with Gasteiger partial charge in [-0.3, -0.25) is 0 Å². The Morgan fingerprint density at radius 2 is 1.67 bits per heavy atom. The third kappa shape index (κ3) is 2.59. The molecule has 0 spiro atoms. The van der Waals surface area contributed by atoms with Crippen molar-refractivity contribution in [2.75, 3.05) is 0 Å². The van der Waals surface area contributed by atoms with Crippen LogP contribution in [-0.2, 0) is 9.84 Å². The van der Waals surface area contributed by atoms with Gasteiger partial charge in [0.2, 0.25) is 9.84 Å². The van der Waals surface area contributed by atoms with Gasteiger partial charge in [0.25, 0.3) is 3.12 Å². The summed E-state index contributed by atoms with van der Waals surface area (Å²) < 4.78 is 21.3. The van der Waals surface area contributed by atoms with Crippen LogP contribution < -0.4 is 0 Å². The monoisotopic (exact) mass is 286 g/mol. The van der Waals surface area contributed by atoms with Crippen LogP contribution in [-0.4, -0.2) is 11.5 Å². The summed E-state index contributed by atoms with van der Waals surface area (Å²) in [6, 6.07) is 4.83. The topological polar surface area (TPSA) is 34.1 Å². The van der Waals surface area contributed by atoms with E-state index in [0.29, 0.717) is 5.56 Å². The molecule has 0 unspecified atom stereocenters. The summed E-state index contributed by atoms with van der Waals surface area (Å²) in [6.07, 6.45) is 0. The maximum Gasteiger partial charge on any atom is 0.296 e. The van der Waals surface area contributed by atoms with Gasteiger partial charge in [0.1, 0.15) is 0 Å². The molecule has 0 radical (unpaired) electrons. The average molecular weight is 288 g/mol. The Morgan fingerprint density at radius 3 is 2.07 bits per heavy atom. The Kier molecular flexibility index (Phi) is 3.61. The Balaban J connectivity index is 3.42. The minimum atomic E-state index is -3.93. The number of halogens is 3. The van der Waals surface area contributed by atoms with Crippen molar-refractivity contribution in [3.63, 3.8) is 0 Å². The van der Waals surface area contributed by atoms with Crippen LogP contribution in [0.4, 0.5) is 0 Å². The van der Waals surface area contributed by atoms with Crippen LogP contribution in [0.3, 0.4) is 0 Å². The lowest BCUT2D eigenvalue weighted by molar-refractivity contribution is 0.596. The Bertz CT molecular complexity index is 475. The predicted octanol–water partition coefficient (Wildman–Crippen LogP) is 3.40. The molecule has 0 aliphatic carbocycles. The molecule has 0 aliphatic heterocycles. The molecule has 15 heavy (non-hydrogen) atoms. The summed E-state index contributed by atoms with van der Waals surface area (Å²) >= 11 is 16.2. The molecule has 0 aromatic heterocycles. The fourth-order valence-electron chi connectivity index (χ4n) is 1.23. The van der Waals surface area contributed by atoms with Gasteiger partial charge in [0, 0.05) is 0 Å². The van der Waals surface area contributed by atoms with E-state index in [9.17, 15) is 8.42 Å². The zero-order valence-electron chi connectivity index (χ0n) is 8.09. The summed E-state index contributed by atoms with van der Waals surface area (Å²) in [7, 11) is -3.93. The molecule has 0 saturated carbocycles. The molecular formula is C9H9Cl3O2S. The van der Waals surface area contributed by atoms with Crippen molar-refractivity contribution < 1.29 is 8.42 Å². The van der Waals surface area contributed by atoms with Crippen LogP contribution in [0.1, 0.15) is 11.1 Å². The van der Waals surface area contributed by atoms with Crippen molar-refractivity contribution in [3.8, 4) is 0 Å². The second-order valence-electron chi connectivity index (χ2n) is 3.22. The van der Waals surface area contributed by atoms with E-state index in [0.717, 1.165) is 5.56 Å². The fourth-order valence-corrected chi connectivity index (χ4v) is 2.95. The van der Waals surface area contributed by atoms with Crippen molar-refractivity contribution in [2.24, 2.45) is 0 Å². The summed E-state index contributed by atoms with van der Waals surface area (Å²) in [5.41, 5.74) is 1.53. The van der Waals surface area contributed by atoms with Crippen LogP contribution in [0.2, 0.25) is 0 Å². The summed E-state index contributed by atoms with van der Waals surface area (Å²) in [5, 5.41) is 0. The highest BCUT2D eigenvalue weighted by Gasteiger charge is 2.39. The van der Waals surface area contributed by atoms with Crippen LogP contribution in [0.15, 0.2) is 23.1 Å². The highest BCUT2D eigenvalue weighted by molar-refractivity contribution is 7.97. The first-order valence-corrected chi connectivity index (χ1v) is 6.66. The zero-order chi connectivity index (χ0) is 11.9. The van der Waals surface area contributed by atoms with Crippen molar-refractivity contribution in [1.82, 2.24) is 0 Å². The van der Waals surface area contributed by atoms with Gasteiger partial charge in [-0.15, -0.1) is 0 Å². The van der Waals surface area contributed by atoms with Gasteiger partial charge in [-0.25, -0.2) is 8.42 Å². The molecule has 0 N–H and O–H groups in total.